The Morgan fingerprint density at radius 3 is 2.42 bits per heavy atom. The first kappa shape index (κ1) is 16.4. The van der Waals surface area contributed by atoms with Crippen molar-refractivity contribution in [3.63, 3.8) is 0 Å². The first-order chi connectivity index (χ1) is 8.80. The molecule has 0 saturated carbocycles. The Bertz CT molecular complexity index is 395. The summed E-state index contributed by atoms with van der Waals surface area (Å²) < 4.78 is 23.1. The Morgan fingerprint density at radius 1 is 1.26 bits per heavy atom. The maximum atomic E-state index is 11.5. The van der Waals surface area contributed by atoms with Gasteiger partial charge < -0.3 is 10.0 Å². The molecule has 1 fully saturated rings. The van der Waals surface area contributed by atoms with Crippen LogP contribution in [0.1, 0.15) is 19.3 Å². The molecular formula is C12H24N2O4S. The van der Waals surface area contributed by atoms with Gasteiger partial charge in [0.15, 0.2) is 9.84 Å². The smallest absolute Gasteiger partial charge is 0.303 e. The molecule has 1 unspecified atom stereocenters. The lowest BCUT2D eigenvalue weighted by Gasteiger charge is -2.29. The molecule has 1 N–H and O–H groups in total. The van der Waals surface area contributed by atoms with Crippen molar-refractivity contribution in [2.45, 2.75) is 25.3 Å². The third-order valence-electron chi connectivity index (χ3n) is 3.40. The number of hydrogen-bond donors (Lipinski definition) is 1. The summed E-state index contributed by atoms with van der Waals surface area (Å²) in [5.41, 5.74) is 0. The predicted octanol–water partition coefficient (Wildman–Crippen LogP) is -0.0981. The highest BCUT2D eigenvalue weighted by atomic mass is 32.2. The van der Waals surface area contributed by atoms with E-state index in [0.717, 1.165) is 13.1 Å². The molecule has 1 heterocycles. The Balaban J connectivity index is 2.51. The van der Waals surface area contributed by atoms with Crippen LogP contribution in [0.4, 0.5) is 0 Å². The molecule has 0 radical (unpaired) electrons. The molecule has 0 aromatic rings. The summed E-state index contributed by atoms with van der Waals surface area (Å²) in [7, 11) is 1.05. The zero-order valence-corrected chi connectivity index (χ0v) is 12.5. The largest absolute Gasteiger partial charge is 0.481 e. The van der Waals surface area contributed by atoms with E-state index in [1.165, 1.54) is 0 Å². The average molecular weight is 292 g/mol. The van der Waals surface area contributed by atoms with Crippen molar-refractivity contribution in [1.82, 2.24) is 9.80 Å². The fourth-order valence-corrected chi connectivity index (χ4v) is 4.06. The number of nitrogens with zero attached hydrogens (tertiary/aromatic N) is 2. The van der Waals surface area contributed by atoms with Gasteiger partial charge in [-0.1, -0.05) is 0 Å². The molecule has 19 heavy (non-hydrogen) atoms. The van der Waals surface area contributed by atoms with Gasteiger partial charge in [-0.05, 0) is 33.5 Å². The Hall–Kier alpha value is -0.660. The van der Waals surface area contributed by atoms with Crippen molar-refractivity contribution >= 4 is 15.8 Å². The van der Waals surface area contributed by atoms with Crippen molar-refractivity contribution < 1.29 is 18.3 Å². The van der Waals surface area contributed by atoms with Crippen molar-refractivity contribution in [1.29, 1.82) is 0 Å². The third-order valence-corrected chi connectivity index (χ3v) is 5.15. The Labute approximate surface area is 115 Å². The van der Waals surface area contributed by atoms with Crippen LogP contribution in [-0.4, -0.2) is 80.6 Å². The standard InChI is InChI=1S/C12H24N2O4S/c1-13(2)7-8-14(6-3-4-12(15)16)11-5-9-19(17,18)10-11/h11H,3-10H2,1-2H3,(H,15,16). The van der Waals surface area contributed by atoms with Gasteiger partial charge in [-0.2, -0.15) is 0 Å². The van der Waals surface area contributed by atoms with Crippen LogP contribution in [0.3, 0.4) is 0 Å². The van der Waals surface area contributed by atoms with Crippen LogP contribution in [0.2, 0.25) is 0 Å². The number of sulfone groups is 1. The number of carbonyl (C=O) groups is 1. The van der Waals surface area contributed by atoms with Crippen molar-refractivity contribution in [3.05, 3.63) is 0 Å². The quantitative estimate of drug-likeness (QED) is 0.673. The van der Waals surface area contributed by atoms with E-state index >= 15 is 0 Å². The van der Waals surface area contributed by atoms with Crippen LogP contribution in [-0.2, 0) is 14.6 Å². The summed E-state index contributed by atoms with van der Waals surface area (Å²) in [6, 6.07) is 0.0544. The minimum Gasteiger partial charge on any atom is -0.481 e. The van der Waals surface area contributed by atoms with Crippen molar-refractivity contribution in [3.8, 4) is 0 Å². The molecule has 1 aliphatic heterocycles. The molecule has 1 saturated heterocycles. The normalized spacial score (nSPS) is 22.2. The van der Waals surface area contributed by atoms with Gasteiger partial charge in [-0.15, -0.1) is 0 Å². The van der Waals surface area contributed by atoms with E-state index < -0.39 is 15.8 Å². The number of likely N-dealkylation sites (N-methyl/N-ethyl adjacent to an activating group) is 1. The SMILES string of the molecule is CN(C)CCN(CCCC(=O)O)C1CCS(=O)(=O)C1. The molecule has 0 spiro atoms. The number of carboxylic acid groups (broad SMARTS) is 1. The van der Waals surface area contributed by atoms with E-state index in [1.54, 1.807) is 0 Å². The van der Waals surface area contributed by atoms with Crippen LogP contribution >= 0.6 is 0 Å². The van der Waals surface area contributed by atoms with Gasteiger partial charge in [0.05, 0.1) is 11.5 Å². The van der Waals surface area contributed by atoms with Gasteiger partial charge in [0.1, 0.15) is 0 Å². The summed E-state index contributed by atoms with van der Waals surface area (Å²) in [6.07, 6.45) is 1.38. The van der Waals surface area contributed by atoms with Crippen LogP contribution in [0.15, 0.2) is 0 Å². The van der Waals surface area contributed by atoms with E-state index in [-0.39, 0.29) is 24.0 Å². The number of hydrogen-bond acceptors (Lipinski definition) is 5. The van der Waals surface area contributed by atoms with E-state index in [9.17, 15) is 13.2 Å². The number of aliphatic carboxylic acids is 1. The van der Waals surface area contributed by atoms with Gasteiger partial charge in [-0.3, -0.25) is 9.69 Å². The van der Waals surface area contributed by atoms with E-state index in [0.29, 0.717) is 19.4 Å². The Morgan fingerprint density at radius 2 is 1.95 bits per heavy atom. The minimum absolute atomic E-state index is 0.0544. The lowest BCUT2D eigenvalue weighted by atomic mass is 10.2. The molecule has 0 aromatic heterocycles. The van der Waals surface area contributed by atoms with E-state index in [1.807, 2.05) is 19.0 Å². The minimum atomic E-state index is -2.89. The highest BCUT2D eigenvalue weighted by Gasteiger charge is 2.31. The lowest BCUT2D eigenvalue weighted by molar-refractivity contribution is -0.137. The Kier molecular flexibility index (Phi) is 6.22. The van der Waals surface area contributed by atoms with E-state index in [2.05, 4.69) is 4.90 Å². The van der Waals surface area contributed by atoms with Crippen LogP contribution < -0.4 is 0 Å². The van der Waals surface area contributed by atoms with Gasteiger partial charge in [0.25, 0.3) is 0 Å². The zero-order chi connectivity index (χ0) is 14.5. The highest BCUT2D eigenvalue weighted by Crippen LogP contribution is 2.18. The molecule has 1 atom stereocenters. The maximum absolute atomic E-state index is 11.5. The molecule has 1 rings (SSSR count). The average Bonchev–Trinajstić information content (AvgIpc) is 2.63. The molecule has 6 nitrogen and oxygen atoms in total. The monoisotopic (exact) mass is 292 g/mol. The lowest BCUT2D eigenvalue weighted by Crippen LogP contribution is -2.41. The van der Waals surface area contributed by atoms with Crippen LogP contribution in [0, 0.1) is 0 Å². The summed E-state index contributed by atoms with van der Waals surface area (Å²) in [4.78, 5) is 14.7. The first-order valence-corrected chi connectivity index (χ1v) is 8.43. The molecule has 0 amide bonds. The van der Waals surface area contributed by atoms with Gasteiger partial charge in [0.2, 0.25) is 0 Å². The zero-order valence-electron chi connectivity index (χ0n) is 11.7. The second-order valence-corrected chi connectivity index (χ2v) is 7.62. The van der Waals surface area contributed by atoms with Crippen LogP contribution in [0.25, 0.3) is 0 Å². The van der Waals surface area contributed by atoms with E-state index in [4.69, 9.17) is 5.11 Å². The number of carboxylic acids is 1. The summed E-state index contributed by atoms with van der Waals surface area (Å²) >= 11 is 0. The molecule has 0 aromatic carbocycles. The molecule has 0 bridgehead atoms. The molecule has 7 heteroatoms. The third kappa shape index (κ3) is 6.35. The van der Waals surface area contributed by atoms with Crippen LogP contribution in [0.5, 0.6) is 0 Å². The summed E-state index contributed by atoms with van der Waals surface area (Å²) in [5.74, 6) is -0.325. The van der Waals surface area contributed by atoms with Gasteiger partial charge >= 0.3 is 5.97 Å². The predicted molar refractivity (Wildman–Crippen MR) is 74.1 cm³/mol. The summed E-state index contributed by atoms with van der Waals surface area (Å²) in [6.45, 7) is 2.29. The molecule has 112 valence electrons. The number of rotatable bonds is 8. The molecular weight excluding hydrogens is 268 g/mol. The fraction of sp³-hybridized carbons (Fsp3) is 0.917. The molecule has 1 aliphatic rings. The second kappa shape index (κ2) is 7.21. The highest BCUT2D eigenvalue weighted by molar-refractivity contribution is 7.91. The first-order valence-electron chi connectivity index (χ1n) is 6.61. The van der Waals surface area contributed by atoms with Gasteiger partial charge in [0, 0.05) is 25.6 Å². The maximum Gasteiger partial charge on any atom is 0.303 e. The second-order valence-electron chi connectivity index (χ2n) is 5.39. The van der Waals surface area contributed by atoms with Crippen molar-refractivity contribution in [2.75, 3.05) is 45.2 Å². The summed E-state index contributed by atoms with van der Waals surface area (Å²) in [5, 5.41) is 8.67. The fourth-order valence-electron chi connectivity index (χ4n) is 2.30. The molecule has 0 aliphatic carbocycles. The topological polar surface area (TPSA) is 77.9 Å². The van der Waals surface area contributed by atoms with Crippen molar-refractivity contribution in [2.24, 2.45) is 0 Å². The van der Waals surface area contributed by atoms with Gasteiger partial charge in [-0.25, -0.2) is 8.42 Å².